The van der Waals surface area contributed by atoms with E-state index in [0.717, 1.165) is 17.8 Å². The van der Waals surface area contributed by atoms with Gasteiger partial charge in [-0.05, 0) is 80.8 Å². The third kappa shape index (κ3) is 2.92. The lowest BCUT2D eigenvalue weighted by atomic mass is 9.48. The van der Waals surface area contributed by atoms with Crippen molar-refractivity contribution in [2.75, 3.05) is 0 Å². The summed E-state index contributed by atoms with van der Waals surface area (Å²) in [5, 5.41) is 14.6. The van der Waals surface area contributed by atoms with Gasteiger partial charge in [0.15, 0.2) is 0 Å². The molecule has 25 heavy (non-hydrogen) atoms. The molecule has 5 rings (SSSR count). The number of nitrogens with one attached hydrogen (secondary N) is 1. The Morgan fingerprint density at radius 2 is 1.80 bits per heavy atom. The van der Waals surface area contributed by atoms with Crippen molar-refractivity contribution in [2.45, 2.75) is 51.5 Å². The highest BCUT2D eigenvalue weighted by atomic mass is 35.5. The molecule has 6 heteroatoms. The van der Waals surface area contributed by atoms with Gasteiger partial charge in [0.05, 0.1) is 4.92 Å². The lowest BCUT2D eigenvalue weighted by Crippen LogP contribution is -2.55. The van der Waals surface area contributed by atoms with Gasteiger partial charge in [-0.2, -0.15) is 0 Å². The molecule has 4 aliphatic rings. The van der Waals surface area contributed by atoms with Gasteiger partial charge in [-0.25, -0.2) is 0 Å². The maximum Gasteiger partial charge on any atom is 0.283 e. The maximum atomic E-state index is 12.7. The predicted octanol–water partition coefficient (Wildman–Crippen LogP) is 4.58. The van der Waals surface area contributed by atoms with Crippen molar-refractivity contribution < 1.29 is 9.72 Å². The first kappa shape index (κ1) is 16.8. The van der Waals surface area contributed by atoms with Crippen LogP contribution in [0.3, 0.4) is 0 Å². The predicted molar refractivity (Wildman–Crippen MR) is 95.6 cm³/mol. The number of nitro benzene ring substituents is 1. The Bertz CT molecular complexity index is 698. The fourth-order valence-corrected chi connectivity index (χ4v) is 6.15. The molecule has 4 aliphatic carbocycles. The van der Waals surface area contributed by atoms with Crippen LogP contribution in [0.5, 0.6) is 0 Å². The van der Waals surface area contributed by atoms with E-state index in [-0.39, 0.29) is 33.6 Å². The molecule has 0 radical (unpaired) electrons. The van der Waals surface area contributed by atoms with Crippen molar-refractivity contribution in [1.29, 1.82) is 0 Å². The zero-order valence-corrected chi connectivity index (χ0v) is 15.1. The molecule has 1 atom stereocenters. The van der Waals surface area contributed by atoms with Crippen LogP contribution in [0.2, 0.25) is 5.02 Å². The molecule has 1 aromatic rings. The summed E-state index contributed by atoms with van der Waals surface area (Å²) in [5.41, 5.74) is 0.0275. The minimum atomic E-state index is -0.545. The summed E-state index contributed by atoms with van der Waals surface area (Å²) in [5.74, 6) is 2.04. The lowest BCUT2D eigenvalue weighted by molar-refractivity contribution is -0.385. The van der Waals surface area contributed by atoms with Crippen LogP contribution in [0.1, 0.15) is 55.8 Å². The zero-order chi connectivity index (χ0) is 17.8. The van der Waals surface area contributed by atoms with E-state index in [9.17, 15) is 14.9 Å². The summed E-state index contributed by atoms with van der Waals surface area (Å²) in [7, 11) is 0. The first-order valence-corrected chi connectivity index (χ1v) is 9.49. The van der Waals surface area contributed by atoms with E-state index in [2.05, 4.69) is 12.2 Å². The smallest absolute Gasteiger partial charge is 0.283 e. The quantitative estimate of drug-likeness (QED) is 0.629. The normalized spacial score (nSPS) is 33.9. The van der Waals surface area contributed by atoms with Gasteiger partial charge in [-0.15, -0.1) is 0 Å². The van der Waals surface area contributed by atoms with E-state index >= 15 is 0 Å². The van der Waals surface area contributed by atoms with Gasteiger partial charge in [0.25, 0.3) is 11.6 Å². The van der Waals surface area contributed by atoms with Crippen LogP contribution in [0, 0.1) is 33.3 Å². The molecule has 4 fully saturated rings. The Morgan fingerprint density at radius 1 is 1.24 bits per heavy atom. The van der Waals surface area contributed by atoms with Crippen LogP contribution in [-0.2, 0) is 0 Å². The number of benzene rings is 1. The topological polar surface area (TPSA) is 72.2 Å². The van der Waals surface area contributed by atoms with Crippen LogP contribution in [-0.4, -0.2) is 16.9 Å². The number of amides is 1. The molecule has 1 amide bonds. The first-order chi connectivity index (χ1) is 11.9. The molecule has 0 aliphatic heterocycles. The van der Waals surface area contributed by atoms with Crippen molar-refractivity contribution >= 4 is 23.2 Å². The summed E-state index contributed by atoms with van der Waals surface area (Å²) < 4.78 is 0. The number of nitrogens with zero attached hydrogens (tertiary/aromatic N) is 1. The summed E-state index contributed by atoms with van der Waals surface area (Å²) in [6.07, 6.45) is 7.60. The van der Waals surface area contributed by atoms with Crippen LogP contribution in [0.4, 0.5) is 5.69 Å². The van der Waals surface area contributed by atoms with Crippen LogP contribution >= 0.6 is 11.6 Å². The third-order valence-electron chi connectivity index (χ3n) is 6.75. The highest BCUT2D eigenvalue weighted by molar-refractivity contribution is 6.31. The number of carbonyl (C=O) groups excluding carboxylic acids is 1. The zero-order valence-electron chi connectivity index (χ0n) is 14.3. The van der Waals surface area contributed by atoms with Gasteiger partial charge in [0, 0.05) is 17.1 Å². The summed E-state index contributed by atoms with van der Waals surface area (Å²) in [6.45, 7) is 2.08. The van der Waals surface area contributed by atoms with Crippen LogP contribution in [0.15, 0.2) is 18.2 Å². The maximum absolute atomic E-state index is 12.7. The van der Waals surface area contributed by atoms with Gasteiger partial charge in [-0.3, -0.25) is 14.9 Å². The Balaban J connectivity index is 1.54. The van der Waals surface area contributed by atoms with E-state index in [4.69, 9.17) is 11.6 Å². The number of hydrogen-bond acceptors (Lipinski definition) is 3. The molecule has 0 aromatic heterocycles. The van der Waals surface area contributed by atoms with Crippen LogP contribution < -0.4 is 5.32 Å². The second kappa shape index (κ2) is 5.97. The minimum Gasteiger partial charge on any atom is -0.349 e. The van der Waals surface area contributed by atoms with Crippen molar-refractivity contribution in [3.8, 4) is 0 Å². The second-order valence-electron chi connectivity index (χ2n) is 8.39. The molecule has 0 saturated heterocycles. The molecule has 134 valence electrons. The second-order valence-corrected chi connectivity index (χ2v) is 8.83. The SMILES string of the molecule is CC(NC(=O)c1ccc(Cl)cc1[N+](=O)[O-])C12CC3CC(CC(C3)C1)C2. The standard InChI is InChI=1S/C19H23ClN2O3/c1-11(19-8-12-4-13(9-19)6-14(5-12)10-19)21-18(23)16-3-2-15(20)7-17(16)22(24)25/h2-3,7,11-14H,4-6,8-10H2,1H3,(H,21,23). The number of carbonyl (C=O) groups is 1. The Morgan fingerprint density at radius 3 is 2.32 bits per heavy atom. The van der Waals surface area contributed by atoms with Gasteiger partial charge >= 0.3 is 0 Å². The largest absolute Gasteiger partial charge is 0.349 e. The highest BCUT2D eigenvalue weighted by Gasteiger charge is 2.53. The van der Waals surface area contributed by atoms with E-state index < -0.39 is 4.92 Å². The molecular formula is C19H23ClN2O3. The molecule has 4 bridgehead atoms. The average molecular weight is 363 g/mol. The van der Waals surface area contributed by atoms with Gasteiger partial charge < -0.3 is 5.32 Å². The summed E-state index contributed by atoms with van der Waals surface area (Å²) in [4.78, 5) is 23.4. The molecule has 0 spiro atoms. The Labute approximate surface area is 152 Å². The molecular weight excluding hydrogens is 340 g/mol. The third-order valence-corrected chi connectivity index (χ3v) is 6.99. The molecule has 5 nitrogen and oxygen atoms in total. The van der Waals surface area contributed by atoms with E-state index in [1.807, 2.05) is 0 Å². The molecule has 1 N–H and O–H groups in total. The fraction of sp³-hybridized carbons (Fsp3) is 0.632. The molecule has 1 aromatic carbocycles. The first-order valence-electron chi connectivity index (χ1n) is 9.11. The minimum absolute atomic E-state index is 0.0312. The fourth-order valence-electron chi connectivity index (χ4n) is 5.98. The number of nitro groups is 1. The van der Waals surface area contributed by atoms with Crippen molar-refractivity contribution in [1.82, 2.24) is 5.32 Å². The highest BCUT2D eigenvalue weighted by Crippen LogP contribution is 2.61. The van der Waals surface area contributed by atoms with Crippen molar-refractivity contribution in [2.24, 2.45) is 23.2 Å². The van der Waals surface area contributed by atoms with Crippen LogP contribution in [0.25, 0.3) is 0 Å². The number of rotatable bonds is 4. The van der Waals surface area contributed by atoms with Crippen molar-refractivity contribution in [3.05, 3.63) is 38.9 Å². The number of hydrogen-bond donors (Lipinski definition) is 1. The van der Waals surface area contributed by atoms with Gasteiger partial charge in [0.2, 0.25) is 0 Å². The van der Waals surface area contributed by atoms with E-state index in [1.165, 1.54) is 56.7 Å². The average Bonchev–Trinajstić information content (AvgIpc) is 2.53. The van der Waals surface area contributed by atoms with E-state index in [0.29, 0.717) is 0 Å². The number of halogens is 1. The Kier molecular flexibility index (Phi) is 4.02. The van der Waals surface area contributed by atoms with Gasteiger partial charge in [-0.1, -0.05) is 11.6 Å². The summed E-state index contributed by atoms with van der Waals surface area (Å²) in [6, 6.07) is 4.25. The molecule has 1 unspecified atom stereocenters. The molecule has 4 saturated carbocycles. The molecule has 0 heterocycles. The Hall–Kier alpha value is -1.62. The van der Waals surface area contributed by atoms with Gasteiger partial charge in [0.1, 0.15) is 5.56 Å². The monoisotopic (exact) mass is 362 g/mol. The lowest BCUT2D eigenvalue weighted by Gasteiger charge is -2.59. The van der Waals surface area contributed by atoms with E-state index in [1.54, 1.807) is 0 Å². The van der Waals surface area contributed by atoms with Crippen molar-refractivity contribution in [3.63, 3.8) is 0 Å². The summed E-state index contributed by atoms with van der Waals surface area (Å²) >= 11 is 5.85.